The maximum atomic E-state index is 5.76. The minimum atomic E-state index is -2.39. The van der Waals surface area contributed by atoms with E-state index in [0.29, 0.717) is 0 Å². The van der Waals surface area contributed by atoms with Crippen LogP contribution in [0, 0.1) is 13.8 Å². The van der Waals surface area contributed by atoms with Crippen LogP contribution in [0.25, 0.3) is 21.5 Å². The molecule has 0 saturated heterocycles. The van der Waals surface area contributed by atoms with Crippen LogP contribution in [0.4, 0.5) is 0 Å². The zero-order valence-electron chi connectivity index (χ0n) is 21.2. The molecule has 4 aromatic carbocycles. The van der Waals surface area contributed by atoms with Crippen LogP contribution in [0.3, 0.4) is 0 Å². The molecule has 0 bridgehead atoms. The van der Waals surface area contributed by atoms with Crippen LogP contribution in [0.5, 0.6) is 0 Å². The second-order valence-corrected chi connectivity index (χ2v) is 32.4. The third-order valence-electron chi connectivity index (χ3n) is 5.15. The summed E-state index contributed by atoms with van der Waals surface area (Å²) in [5, 5.41) is 5.39. The van der Waals surface area contributed by atoms with E-state index < -0.39 is 32.9 Å². The summed E-state index contributed by atoms with van der Waals surface area (Å²) in [6.07, 6.45) is 2.01. The molecule has 12 heteroatoms. The van der Waals surface area contributed by atoms with Crippen molar-refractivity contribution in [2.45, 2.75) is 50.9 Å². The molecule has 0 unspecified atom stereocenters. The molecule has 0 spiro atoms. The zero-order valence-corrected chi connectivity index (χ0v) is 32.7. The van der Waals surface area contributed by atoms with Gasteiger partial charge in [0.05, 0.1) is 0 Å². The Morgan fingerprint density at radius 2 is 1.00 bits per heavy atom. The average Bonchev–Trinajstić information content (AvgIpc) is 3.38. The van der Waals surface area contributed by atoms with Crippen molar-refractivity contribution in [3.8, 4) is 0 Å². The van der Waals surface area contributed by atoms with Crippen molar-refractivity contribution >= 4 is 127 Å². The fourth-order valence-electron chi connectivity index (χ4n) is 3.56. The first-order chi connectivity index (χ1) is 17.8. The number of hydrogen-bond acceptors (Lipinski definition) is 0. The van der Waals surface area contributed by atoms with Gasteiger partial charge in [-0.25, -0.2) is 0 Å². The first-order valence-corrected chi connectivity index (χ1v) is 30.1. The van der Waals surface area contributed by atoms with Gasteiger partial charge in [-0.3, -0.25) is 0 Å². The zero-order chi connectivity index (χ0) is 28.6. The summed E-state index contributed by atoms with van der Waals surface area (Å²) in [5.74, 6) is 0. The second kappa shape index (κ2) is 20.4. The predicted octanol–water partition coefficient (Wildman–Crippen LogP) is 12.7. The van der Waals surface area contributed by atoms with E-state index in [1.807, 2.05) is 0 Å². The van der Waals surface area contributed by atoms with Crippen LogP contribution in [0.1, 0.15) is 24.0 Å². The molecule has 0 aliphatic carbocycles. The third-order valence-corrected chi connectivity index (χ3v) is 11.8. The SMILES string of the molecule is Cc1cc2ccccc2[cH-]1.Cc1cc2ccccc2[cH-]1.Cl[Si](Cl)(Cl)CCC[Si]CCC[Si](Cl)(Cl)Cl.[Cl][Zr+2][Cl]. The van der Waals surface area contributed by atoms with Crippen molar-refractivity contribution in [2.24, 2.45) is 0 Å². The Kier molecular flexibility index (Phi) is 20.2. The second-order valence-electron chi connectivity index (χ2n) is 8.58. The standard InChI is InChI=1S/2C10H9.C6H12Cl6Si3.2ClH.Zr/c2*1-8-6-9-4-2-3-5-10(9)7-8;7-14(8,9)5-1-3-13-4-2-6-15(10,11)12;;;/h2*2-7H,1H3;1-6H2;2*1H;/q2*-1;;;;+4/p-2. The van der Waals surface area contributed by atoms with Crippen molar-refractivity contribution < 1.29 is 20.8 Å². The van der Waals surface area contributed by atoms with Gasteiger partial charge in [0.15, 0.2) is 0 Å². The van der Waals surface area contributed by atoms with E-state index in [4.69, 9.17) is 83.5 Å². The Balaban J connectivity index is 0.000000276. The fourth-order valence-corrected chi connectivity index (χ4v) is 8.94. The van der Waals surface area contributed by atoms with Crippen LogP contribution in [0.15, 0.2) is 72.8 Å². The first kappa shape index (κ1) is 37.5. The molecule has 0 saturated carbocycles. The molecule has 0 fully saturated rings. The molecular weight excluding hydrogens is 771 g/mol. The van der Waals surface area contributed by atoms with Crippen molar-refractivity contribution in [3.05, 3.63) is 83.9 Å². The van der Waals surface area contributed by atoms with Gasteiger partial charge in [-0.2, -0.15) is 12.1 Å². The van der Waals surface area contributed by atoms with Crippen LogP contribution >= 0.6 is 83.5 Å². The number of hydrogen-bond donors (Lipinski definition) is 0. The Labute approximate surface area is 279 Å². The Morgan fingerprint density at radius 1 is 0.658 bits per heavy atom. The normalized spacial score (nSPS) is 11.0. The van der Waals surface area contributed by atoms with E-state index in [0.717, 1.165) is 46.5 Å². The van der Waals surface area contributed by atoms with Gasteiger partial charge in [0.25, 0.3) is 0 Å². The molecule has 0 N–H and O–H groups in total. The van der Waals surface area contributed by atoms with Gasteiger partial charge in [-0.1, -0.05) is 50.9 Å². The molecule has 38 heavy (non-hydrogen) atoms. The summed E-state index contributed by atoms with van der Waals surface area (Å²) in [5.41, 5.74) is 2.70. The van der Waals surface area contributed by atoms with Crippen molar-refractivity contribution in [1.82, 2.24) is 0 Å². The molecule has 0 aromatic heterocycles. The summed E-state index contributed by atoms with van der Waals surface area (Å²) in [6.45, 7) is 4.25. The van der Waals surface area contributed by atoms with Crippen LogP contribution in [-0.4, -0.2) is 21.5 Å². The Morgan fingerprint density at radius 3 is 1.32 bits per heavy atom. The van der Waals surface area contributed by atoms with E-state index in [9.17, 15) is 0 Å². The molecule has 0 aliphatic rings. The molecular formula is C26H30Cl8Si3Zr. The van der Waals surface area contributed by atoms with Gasteiger partial charge in [0.2, 0.25) is 0 Å². The van der Waals surface area contributed by atoms with Gasteiger partial charge < -0.3 is 0 Å². The molecule has 2 radical (unpaired) electrons. The third kappa shape index (κ3) is 18.8. The van der Waals surface area contributed by atoms with Gasteiger partial charge in [-0.05, 0) is 12.1 Å². The molecule has 206 valence electrons. The van der Waals surface area contributed by atoms with Gasteiger partial charge in [0, 0.05) is 9.52 Å². The maximum absolute atomic E-state index is 5.76. The van der Waals surface area contributed by atoms with Gasteiger partial charge in [-0.15, -0.1) is 148 Å². The quantitative estimate of drug-likeness (QED) is 0.0721. The summed E-state index contributed by atoms with van der Waals surface area (Å²) < 4.78 is 0. The minimum absolute atomic E-state index is 0.754. The van der Waals surface area contributed by atoms with E-state index in [1.165, 1.54) is 32.7 Å². The summed E-state index contributed by atoms with van der Waals surface area (Å²) in [6, 6.07) is 24.6. The Bertz CT molecular complexity index is 1010. The Hall–Kier alpha value is 1.51. The number of fused-ring (bicyclic) bond motifs is 2. The van der Waals surface area contributed by atoms with Crippen LogP contribution < -0.4 is 0 Å². The predicted molar refractivity (Wildman–Crippen MR) is 181 cm³/mol. The molecule has 4 rings (SSSR count). The van der Waals surface area contributed by atoms with E-state index >= 15 is 0 Å². The van der Waals surface area contributed by atoms with E-state index in [1.54, 1.807) is 0 Å². The number of aryl methyl sites for hydroxylation is 2. The van der Waals surface area contributed by atoms with Crippen LogP contribution in [-0.2, 0) is 20.8 Å². The average molecular weight is 802 g/mol. The van der Waals surface area contributed by atoms with E-state index in [-0.39, 0.29) is 0 Å². The molecule has 0 atom stereocenters. The number of rotatable bonds is 8. The molecule has 0 heterocycles. The monoisotopic (exact) mass is 796 g/mol. The molecule has 4 aromatic rings. The molecule has 0 nitrogen and oxygen atoms in total. The van der Waals surface area contributed by atoms with Gasteiger partial charge in [0.1, 0.15) is 0 Å². The topological polar surface area (TPSA) is 0 Å². The van der Waals surface area contributed by atoms with E-state index in [2.05, 4.69) is 86.6 Å². The van der Waals surface area contributed by atoms with Crippen molar-refractivity contribution in [3.63, 3.8) is 0 Å². The summed E-state index contributed by atoms with van der Waals surface area (Å²) in [7, 11) is 10.8. The molecule has 0 aliphatic heterocycles. The van der Waals surface area contributed by atoms with Crippen LogP contribution in [0.2, 0.25) is 24.2 Å². The van der Waals surface area contributed by atoms with Crippen molar-refractivity contribution in [2.75, 3.05) is 0 Å². The summed E-state index contributed by atoms with van der Waals surface area (Å²) in [4.78, 5) is 0. The molecule has 0 amide bonds. The summed E-state index contributed by atoms with van der Waals surface area (Å²) >= 11 is 33.7. The number of benzene rings is 2. The fraction of sp³-hybridized carbons (Fsp3) is 0.308. The first-order valence-electron chi connectivity index (χ1n) is 11.9. The number of halogens is 8. The van der Waals surface area contributed by atoms with Crippen molar-refractivity contribution in [1.29, 1.82) is 0 Å². The van der Waals surface area contributed by atoms with Gasteiger partial charge >= 0.3 is 49.9 Å².